The van der Waals surface area contributed by atoms with E-state index in [0.29, 0.717) is 11.4 Å². The second-order valence-corrected chi connectivity index (χ2v) is 5.13. The van der Waals surface area contributed by atoms with E-state index in [9.17, 15) is 14.4 Å². The number of likely N-dealkylation sites (N-methyl/N-ethyl adjacent to an activating group) is 1. The number of carbonyl (C=O) groups is 3. The Bertz CT molecular complexity index is 802. The van der Waals surface area contributed by atoms with Gasteiger partial charge in [-0.2, -0.15) is 0 Å². The molecular weight excluding hydrogens is 326 g/mol. The number of hydrogen-bond donors (Lipinski definition) is 3. The molecule has 2 rings (SSSR count). The minimum atomic E-state index is -1.16. The van der Waals surface area contributed by atoms with Crippen molar-refractivity contribution in [1.29, 1.82) is 0 Å². The lowest BCUT2D eigenvalue weighted by Gasteiger charge is -2.11. The summed E-state index contributed by atoms with van der Waals surface area (Å²) in [5.41, 5.74) is 1.42. The van der Waals surface area contributed by atoms with E-state index in [4.69, 9.17) is 9.84 Å². The highest BCUT2D eigenvalue weighted by Crippen LogP contribution is 2.22. The maximum atomic E-state index is 12.2. The van der Waals surface area contributed by atoms with Gasteiger partial charge in [-0.3, -0.25) is 9.59 Å². The van der Waals surface area contributed by atoms with Crippen LogP contribution >= 0.6 is 0 Å². The largest absolute Gasteiger partial charge is 0.484 e. The van der Waals surface area contributed by atoms with Crippen molar-refractivity contribution in [2.24, 2.45) is 0 Å². The van der Waals surface area contributed by atoms with Crippen molar-refractivity contribution in [3.05, 3.63) is 53.3 Å². The van der Waals surface area contributed by atoms with Crippen molar-refractivity contribution < 1.29 is 24.2 Å². The average Bonchev–Trinajstić information content (AvgIpc) is 2.61. The van der Waals surface area contributed by atoms with E-state index in [-0.39, 0.29) is 23.8 Å². The standard InChI is InChI=1S/C17H17N3O5/c1-10-7-12(25-9-15(21)18-2)4-6-13(10)20-16(22)11-3-5-14(17(23)24)19-8-11/h3-8H,9H2,1-2H3,(H,18,21)(H,20,22)(H,23,24). The molecule has 8 heteroatoms. The number of aromatic carboxylic acids is 1. The highest BCUT2D eigenvalue weighted by molar-refractivity contribution is 6.04. The van der Waals surface area contributed by atoms with Crippen molar-refractivity contribution in [1.82, 2.24) is 10.3 Å². The van der Waals surface area contributed by atoms with Crippen LogP contribution < -0.4 is 15.4 Å². The van der Waals surface area contributed by atoms with Crippen LogP contribution in [-0.2, 0) is 4.79 Å². The van der Waals surface area contributed by atoms with E-state index in [1.807, 2.05) is 0 Å². The first-order valence-electron chi connectivity index (χ1n) is 7.35. The molecule has 1 heterocycles. The fraction of sp³-hybridized carbons (Fsp3) is 0.176. The second kappa shape index (κ2) is 7.91. The third-order valence-electron chi connectivity index (χ3n) is 3.34. The predicted octanol–water partition coefficient (Wildman–Crippen LogP) is 1.47. The predicted molar refractivity (Wildman–Crippen MR) is 89.9 cm³/mol. The average molecular weight is 343 g/mol. The molecule has 1 aromatic heterocycles. The maximum absolute atomic E-state index is 12.2. The number of carboxylic acid groups (broad SMARTS) is 1. The number of nitrogens with zero attached hydrogens (tertiary/aromatic N) is 1. The van der Waals surface area contributed by atoms with Crippen LogP contribution in [0.15, 0.2) is 36.5 Å². The summed E-state index contributed by atoms with van der Waals surface area (Å²) in [7, 11) is 1.52. The number of aromatic nitrogens is 1. The van der Waals surface area contributed by atoms with Crippen LogP contribution in [0, 0.1) is 6.92 Å². The molecule has 0 saturated carbocycles. The van der Waals surface area contributed by atoms with Gasteiger partial charge in [0.1, 0.15) is 11.4 Å². The van der Waals surface area contributed by atoms with Gasteiger partial charge >= 0.3 is 5.97 Å². The molecule has 2 amide bonds. The Balaban J connectivity index is 2.05. The zero-order valence-electron chi connectivity index (χ0n) is 13.7. The molecular formula is C17H17N3O5. The lowest BCUT2D eigenvalue weighted by atomic mass is 10.1. The van der Waals surface area contributed by atoms with Gasteiger partial charge in [0.15, 0.2) is 6.61 Å². The number of amides is 2. The van der Waals surface area contributed by atoms with Crippen LogP contribution in [0.4, 0.5) is 5.69 Å². The molecule has 25 heavy (non-hydrogen) atoms. The fourth-order valence-electron chi connectivity index (χ4n) is 1.94. The highest BCUT2D eigenvalue weighted by Gasteiger charge is 2.11. The minimum absolute atomic E-state index is 0.0940. The molecule has 0 atom stereocenters. The lowest BCUT2D eigenvalue weighted by Crippen LogP contribution is -2.24. The molecule has 1 aromatic carbocycles. The molecule has 0 spiro atoms. The van der Waals surface area contributed by atoms with Gasteiger partial charge in [-0.15, -0.1) is 0 Å². The third kappa shape index (κ3) is 4.77. The molecule has 0 aliphatic rings. The van der Waals surface area contributed by atoms with E-state index in [2.05, 4.69) is 15.6 Å². The number of ether oxygens (including phenoxy) is 1. The van der Waals surface area contributed by atoms with Crippen LogP contribution in [0.25, 0.3) is 0 Å². The molecule has 3 N–H and O–H groups in total. The summed E-state index contributed by atoms with van der Waals surface area (Å²) in [5.74, 6) is -1.30. The molecule has 0 unspecified atom stereocenters. The third-order valence-corrected chi connectivity index (χ3v) is 3.34. The molecule has 0 aliphatic heterocycles. The maximum Gasteiger partial charge on any atom is 0.354 e. The van der Waals surface area contributed by atoms with Crippen molar-refractivity contribution in [2.45, 2.75) is 6.92 Å². The summed E-state index contributed by atoms with van der Waals surface area (Å²) < 4.78 is 5.33. The first-order chi connectivity index (χ1) is 11.9. The van der Waals surface area contributed by atoms with E-state index in [1.165, 1.54) is 25.4 Å². The van der Waals surface area contributed by atoms with Gasteiger partial charge in [0.2, 0.25) is 0 Å². The Morgan fingerprint density at radius 3 is 2.52 bits per heavy atom. The number of pyridine rings is 1. The molecule has 0 radical (unpaired) electrons. The number of anilines is 1. The second-order valence-electron chi connectivity index (χ2n) is 5.13. The summed E-state index contributed by atoms with van der Waals surface area (Å²) in [5, 5.41) is 14.0. The number of hydrogen-bond acceptors (Lipinski definition) is 5. The van der Waals surface area contributed by atoms with Crippen molar-refractivity contribution in [3.8, 4) is 5.75 Å². The Morgan fingerprint density at radius 1 is 1.20 bits per heavy atom. The quantitative estimate of drug-likeness (QED) is 0.731. The summed E-state index contributed by atoms with van der Waals surface area (Å²) in [6.45, 7) is 1.69. The van der Waals surface area contributed by atoms with E-state index in [0.717, 1.165) is 5.56 Å². The van der Waals surface area contributed by atoms with Gasteiger partial charge in [0.05, 0.1) is 5.56 Å². The number of carboxylic acids is 1. The van der Waals surface area contributed by atoms with E-state index < -0.39 is 11.9 Å². The summed E-state index contributed by atoms with van der Waals surface area (Å²) in [6.07, 6.45) is 1.20. The molecule has 2 aromatic rings. The Kier molecular flexibility index (Phi) is 5.67. The first kappa shape index (κ1) is 17.9. The molecule has 0 saturated heterocycles. The zero-order chi connectivity index (χ0) is 18.4. The Hall–Kier alpha value is -3.42. The van der Waals surface area contributed by atoms with E-state index in [1.54, 1.807) is 25.1 Å². The van der Waals surface area contributed by atoms with Crippen molar-refractivity contribution in [2.75, 3.05) is 19.0 Å². The molecule has 0 aliphatic carbocycles. The summed E-state index contributed by atoms with van der Waals surface area (Å²) in [6, 6.07) is 7.65. The normalized spacial score (nSPS) is 10.0. The van der Waals surface area contributed by atoms with Gasteiger partial charge in [0.25, 0.3) is 11.8 Å². The van der Waals surface area contributed by atoms with Gasteiger partial charge in [-0.05, 0) is 42.8 Å². The van der Waals surface area contributed by atoms with Gasteiger partial charge in [-0.25, -0.2) is 9.78 Å². The fourth-order valence-corrected chi connectivity index (χ4v) is 1.94. The summed E-state index contributed by atoms with van der Waals surface area (Å²) >= 11 is 0. The van der Waals surface area contributed by atoms with Crippen LogP contribution in [0.2, 0.25) is 0 Å². The van der Waals surface area contributed by atoms with Gasteiger partial charge in [-0.1, -0.05) is 0 Å². The van der Waals surface area contributed by atoms with Gasteiger partial charge in [0, 0.05) is 18.9 Å². The first-order valence-corrected chi connectivity index (χ1v) is 7.35. The topological polar surface area (TPSA) is 118 Å². The minimum Gasteiger partial charge on any atom is -0.484 e. The number of benzene rings is 1. The van der Waals surface area contributed by atoms with Crippen LogP contribution in [-0.4, -0.2) is 41.5 Å². The molecule has 0 fully saturated rings. The molecule has 0 bridgehead atoms. The SMILES string of the molecule is CNC(=O)COc1ccc(NC(=O)c2ccc(C(=O)O)nc2)c(C)c1. The van der Waals surface area contributed by atoms with Crippen LogP contribution in [0.5, 0.6) is 5.75 Å². The number of carbonyl (C=O) groups excluding carboxylic acids is 2. The smallest absolute Gasteiger partial charge is 0.354 e. The summed E-state index contributed by atoms with van der Waals surface area (Å²) in [4.78, 5) is 37.8. The lowest BCUT2D eigenvalue weighted by molar-refractivity contribution is -0.122. The number of nitrogens with one attached hydrogen (secondary N) is 2. The van der Waals surface area contributed by atoms with Crippen molar-refractivity contribution >= 4 is 23.5 Å². The molecule has 130 valence electrons. The van der Waals surface area contributed by atoms with Crippen LogP contribution in [0.1, 0.15) is 26.4 Å². The van der Waals surface area contributed by atoms with Crippen molar-refractivity contribution in [3.63, 3.8) is 0 Å². The zero-order valence-corrected chi connectivity index (χ0v) is 13.7. The van der Waals surface area contributed by atoms with E-state index >= 15 is 0 Å². The number of aryl methyl sites for hydroxylation is 1. The van der Waals surface area contributed by atoms with Crippen LogP contribution in [0.3, 0.4) is 0 Å². The monoisotopic (exact) mass is 343 g/mol. The number of rotatable bonds is 6. The highest BCUT2D eigenvalue weighted by atomic mass is 16.5. The Morgan fingerprint density at radius 2 is 1.96 bits per heavy atom. The molecule has 8 nitrogen and oxygen atoms in total. The Labute approximate surface area is 143 Å². The van der Waals surface area contributed by atoms with Gasteiger partial charge < -0.3 is 20.5 Å².